The molecule has 0 saturated carbocycles. The molecule has 0 saturated heterocycles. The van der Waals surface area contributed by atoms with Crippen molar-refractivity contribution in [1.82, 2.24) is 14.5 Å². The molecule has 7 nitrogen and oxygen atoms in total. The Kier molecular flexibility index (Phi) is 4.30. The van der Waals surface area contributed by atoms with E-state index in [0.717, 1.165) is 11.3 Å². The molecular formula is C16H15N3O4S. The lowest BCUT2D eigenvalue weighted by molar-refractivity contribution is 0.0531. The number of thiophene rings is 1. The molecule has 0 fully saturated rings. The number of carbonyl (C=O) groups excluding carboxylic acids is 2. The highest BCUT2D eigenvalue weighted by molar-refractivity contribution is 7.20. The van der Waals surface area contributed by atoms with E-state index in [1.165, 1.54) is 10.9 Å². The zero-order chi connectivity index (χ0) is 17.3. The number of esters is 1. The van der Waals surface area contributed by atoms with Gasteiger partial charge in [0.05, 0.1) is 30.6 Å². The molecule has 0 aliphatic heterocycles. The van der Waals surface area contributed by atoms with Crippen molar-refractivity contribution in [3.8, 4) is 0 Å². The highest BCUT2D eigenvalue weighted by Gasteiger charge is 2.21. The third kappa shape index (κ3) is 2.76. The van der Waals surface area contributed by atoms with Gasteiger partial charge in [0.25, 0.3) is 5.56 Å². The van der Waals surface area contributed by atoms with E-state index >= 15 is 0 Å². The Bertz CT molecular complexity index is 969. The topological polar surface area (TPSA) is 94.0 Å². The molecule has 0 spiro atoms. The molecule has 0 bridgehead atoms. The number of H-pyrrole nitrogens is 1. The van der Waals surface area contributed by atoms with Gasteiger partial charge in [-0.1, -0.05) is 0 Å². The molecule has 0 atom stereocenters. The Morgan fingerprint density at radius 1 is 1.42 bits per heavy atom. The summed E-state index contributed by atoms with van der Waals surface area (Å²) in [6, 6.07) is 3.36. The number of fused-ring (bicyclic) bond motifs is 1. The molecule has 0 amide bonds. The van der Waals surface area contributed by atoms with Gasteiger partial charge in [-0.05, 0) is 31.5 Å². The Morgan fingerprint density at radius 3 is 2.88 bits per heavy atom. The largest absolute Gasteiger partial charge is 0.462 e. The predicted molar refractivity (Wildman–Crippen MR) is 89.7 cm³/mol. The number of ether oxygens (including phenoxy) is 1. The zero-order valence-corrected chi connectivity index (χ0v) is 14.0. The van der Waals surface area contributed by atoms with Gasteiger partial charge in [-0.25, -0.2) is 9.78 Å². The third-order valence-electron chi connectivity index (χ3n) is 3.59. The standard InChI is InChI=1S/C16H15N3O4S/c1-3-23-16(22)13-9(2)12-14(24-13)18-8-19(15(12)21)7-11(20)10-5-4-6-17-10/h4-6,8,17H,3,7H2,1-2H3. The van der Waals surface area contributed by atoms with E-state index in [2.05, 4.69) is 9.97 Å². The number of carbonyl (C=O) groups is 2. The molecule has 3 heterocycles. The second kappa shape index (κ2) is 6.40. The minimum atomic E-state index is -0.466. The quantitative estimate of drug-likeness (QED) is 0.565. The van der Waals surface area contributed by atoms with E-state index in [4.69, 9.17) is 4.74 Å². The van der Waals surface area contributed by atoms with Crippen molar-refractivity contribution in [1.29, 1.82) is 0 Å². The number of rotatable bonds is 5. The first-order chi connectivity index (χ1) is 11.5. The molecule has 0 unspecified atom stereocenters. The van der Waals surface area contributed by atoms with Crippen LogP contribution >= 0.6 is 11.3 Å². The maximum absolute atomic E-state index is 12.7. The number of aromatic nitrogens is 3. The Labute approximate surface area is 140 Å². The van der Waals surface area contributed by atoms with Gasteiger partial charge in [0.1, 0.15) is 9.71 Å². The monoisotopic (exact) mass is 345 g/mol. The van der Waals surface area contributed by atoms with Gasteiger partial charge in [0.2, 0.25) is 0 Å². The first kappa shape index (κ1) is 16.1. The Balaban J connectivity index is 2.01. The van der Waals surface area contributed by atoms with Gasteiger partial charge in [-0.3, -0.25) is 14.2 Å². The van der Waals surface area contributed by atoms with Crippen molar-refractivity contribution in [3.63, 3.8) is 0 Å². The van der Waals surface area contributed by atoms with Gasteiger partial charge in [-0.2, -0.15) is 0 Å². The van der Waals surface area contributed by atoms with Crippen LogP contribution in [0, 0.1) is 6.92 Å². The van der Waals surface area contributed by atoms with Gasteiger partial charge >= 0.3 is 5.97 Å². The number of aromatic amines is 1. The van der Waals surface area contributed by atoms with Crippen LogP contribution in [0.3, 0.4) is 0 Å². The summed E-state index contributed by atoms with van der Waals surface area (Å²) < 4.78 is 6.25. The maximum Gasteiger partial charge on any atom is 0.348 e. The van der Waals surface area contributed by atoms with Gasteiger partial charge in [0.15, 0.2) is 5.78 Å². The normalized spacial score (nSPS) is 10.9. The van der Waals surface area contributed by atoms with Crippen LogP contribution in [0.4, 0.5) is 0 Å². The summed E-state index contributed by atoms with van der Waals surface area (Å²) in [5.74, 6) is -0.687. The van der Waals surface area contributed by atoms with Crippen molar-refractivity contribution in [3.05, 3.63) is 51.1 Å². The zero-order valence-electron chi connectivity index (χ0n) is 13.2. The summed E-state index contributed by atoms with van der Waals surface area (Å²) in [7, 11) is 0. The van der Waals surface area contributed by atoms with E-state index in [1.807, 2.05) is 0 Å². The fourth-order valence-electron chi connectivity index (χ4n) is 2.41. The molecule has 3 rings (SSSR count). The van der Waals surface area contributed by atoms with Crippen LogP contribution in [0.2, 0.25) is 0 Å². The molecule has 24 heavy (non-hydrogen) atoms. The molecule has 0 radical (unpaired) electrons. The summed E-state index contributed by atoms with van der Waals surface area (Å²) in [6.07, 6.45) is 2.97. The molecule has 8 heteroatoms. The Morgan fingerprint density at radius 2 is 2.21 bits per heavy atom. The molecule has 0 aliphatic rings. The average Bonchev–Trinajstić information content (AvgIpc) is 3.19. The second-order valence-electron chi connectivity index (χ2n) is 5.14. The lowest BCUT2D eigenvalue weighted by Crippen LogP contribution is -2.24. The van der Waals surface area contributed by atoms with Crippen molar-refractivity contribution < 1.29 is 14.3 Å². The van der Waals surface area contributed by atoms with E-state index < -0.39 is 5.97 Å². The predicted octanol–water partition coefficient (Wildman–Crippen LogP) is 2.15. The minimum absolute atomic E-state index is 0.119. The molecule has 124 valence electrons. The number of aryl methyl sites for hydroxylation is 1. The molecule has 1 N–H and O–H groups in total. The molecular weight excluding hydrogens is 330 g/mol. The molecule has 0 aromatic carbocycles. The summed E-state index contributed by atoms with van der Waals surface area (Å²) in [5.41, 5.74) is 0.619. The fourth-order valence-corrected chi connectivity index (χ4v) is 3.44. The number of ketones is 1. The van der Waals surface area contributed by atoms with Crippen LogP contribution in [0.5, 0.6) is 0 Å². The lowest BCUT2D eigenvalue weighted by atomic mass is 10.2. The van der Waals surface area contributed by atoms with Crippen LogP contribution in [0.15, 0.2) is 29.5 Å². The summed E-state index contributed by atoms with van der Waals surface area (Å²) >= 11 is 1.12. The third-order valence-corrected chi connectivity index (χ3v) is 4.77. The molecule has 0 aliphatic carbocycles. The average molecular weight is 345 g/mol. The number of hydrogen-bond donors (Lipinski definition) is 1. The summed E-state index contributed by atoms with van der Waals surface area (Å²) in [5, 5.41) is 0.352. The van der Waals surface area contributed by atoms with Crippen LogP contribution in [0.25, 0.3) is 10.2 Å². The van der Waals surface area contributed by atoms with Crippen LogP contribution < -0.4 is 5.56 Å². The van der Waals surface area contributed by atoms with E-state index in [9.17, 15) is 14.4 Å². The number of Topliss-reactive ketones (excluding diaryl/α,β-unsaturated/α-hetero) is 1. The van der Waals surface area contributed by atoms with Crippen LogP contribution in [-0.2, 0) is 11.3 Å². The first-order valence-corrected chi connectivity index (χ1v) is 8.16. The molecule has 3 aromatic heterocycles. The summed E-state index contributed by atoms with van der Waals surface area (Å²) in [4.78, 5) is 44.6. The Hall–Kier alpha value is -2.74. The minimum Gasteiger partial charge on any atom is -0.462 e. The fraction of sp³-hybridized carbons (Fsp3) is 0.250. The van der Waals surface area contributed by atoms with E-state index in [1.54, 1.807) is 32.2 Å². The number of nitrogens with one attached hydrogen (secondary N) is 1. The summed E-state index contributed by atoms with van der Waals surface area (Å²) in [6.45, 7) is 3.55. The maximum atomic E-state index is 12.7. The van der Waals surface area contributed by atoms with Crippen molar-refractivity contribution in [2.75, 3.05) is 6.61 Å². The van der Waals surface area contributed by atoms with Crippen molar-refractivity contribution in [2.24, 2.45) is 0 Å². The van der Waals surface area contributed by atoms with Gasteiger partial charge in [-0.15, -0.1) is 11.3 Å². The van der Waals surface area contributed by atoms with Crippen LogP contribution in [0.1, 0.15) is 32.6 Å². The van der Waals surface area contributed by atoms with Crippen LogP contribution in [-0.4, -0.2) is 32.9 Å². The first-order valence-electron chi connectivity index (χ1n) is 7.35. The molecule has 3 aromatic rings. The van der Waals surface area contributed by atoms with Gasteiger partial charge in [0, 0.05) is 6.20 Å². The highest BCUT2D eigenvalue weighted by Crippen LogP contribution is 2.27. The smallest absolute Gasteiger partial charge is 0.348 e. The number of nitrogens with zero attached hydrogens (tertiary/aromatic N) is 2. The lowest BCUT2D eigenvalue weighted by Gasteiger charge is -2.04. The van der Waals surface area contributed by atoms with E-state index in [-0.39, 0.29) is 24.5 Å². The van der Waals surface area contributed by atoms with Gasteiger partial charge < -0.3 is 9.72 Å². The van der Waals surface area contributed by atoms with E-state index in [0.29, 0.717) is 26.4 Å². The van der Waals surface area contributed by atoms with Crippen molar-refractivity contribution >= 4 is 33.3 Å². The second-order valence-corrected chi connectivity index (χ2v) is 6.14. The number of hydrogen-bond acceptors (Lipinski definition) is 6. The highest BCUT2D eigenvalue weighted by atomic mass is 32.1. The SMILES string of the molecule is CCOC(=O)c1sc2ncn(CC(=O)c3ccc[nH]3)c(=O)c2c1C. The van der Waals surface area contributed by atoms with Crippen molar-refractivity contribution in [2.45, 2.75) is 20.4 Å².